The summed E-state index contributed by atoms with van der Waals surface area (Å²) >= 11 is 0. The molecule has 6 heteroatoms. The van der Waals surface area contributed by atoms with Crippen molar-refractivity contribution in [2.45, 2.75) is 44.7 Å². The fourth-order valence-electron chi connectivity index (χ4n) is 4.33. The van der Waals surface area contributed by atoms with E-state index in [1.165, 1.54) is 5.56 Å². The molecule has 3 rings (SSSR count). The number of piperazine rings is 1. The van der Waals surface area contributed by atoms with E-state index in [1.54, 1.807) is 7.11 Å². The van der Waals surface area contributed by atoms with Gasteiger partial charge < -0.3 is 9.64 Å². The molecule has 0 radical (unpaired) electrons. The van der Waals surface area contributed by atoms with Crippen molar-refractivity contribution in [1.82, 2.24) is 19.7 Å². The highest BCUT2D eigenvalue weighted by Crippen LogP contribution is 2.32. The number of carbonyl (C=O) groups excluding carboxylic acids is 1. The number of likely N-dealkylation sites (N-methyl/N-ethyl adjacent to an activating group) is 1. The first-order valence-electron chi connectivity index (χ1n) is 10.2. The molecule has 27 heavy (non-hydrogen) atoms. The summed E-state index contributed by atoms with van der Waals surface area (Å²) in [7, 11) is 3.92. The molecule has 2 aliphatic rings. The van der Waals surface area contributed by atoms with E-state index >= 15 is 0 Å². The molecule has 1 amide bonds. The minimum Gasteiger partial charge on any atom is -0.383 e. The van der Waals surface area contributed by atoms with E-state index in [1.807, 2.05) is 11.1 Å². The smallest absolute Gasteiger partial charge is 0.222 e. The predicted molar refractivity (Wildman–Crippen MR) is 107 cm³/mol. The summed E-state index contributed by atoms with van der Waals surface area (Å²) in [5.41, 5.74) is 2.50. The number of aryl methyl sites for hydroxylation is 1. The summed E-state index contributed by atoms with van der Waals surface area (Å²) in [6, 6.07) is 4.35. The SMILES string of the molecule is CCc1ccc(CN2CCN(C)[C@]3(CCC(=O)N(CCOC)CC3)C2)nc1. The molecule has 0 aromatic carbocycles. The number of hydrogen-bond acceptors (Lipinski definition) is 5. The Bertz CT molecular complexity index is 621. The Morgan fingerprint density at radius 2 is 2.07 bits per heavy atom. The third-order valence-corrected chi connectivity index (χ3v) is 6.33. The van der Waals surface area contributed by atoms with E-state index in [-0.39, 0.29) is 11.4 Å². The van der Waals surface area contributed by atoms with Crippen LogP contribution in [0.1, 0.15) is 37.4 Å². The number of carbonyl (C=O) groups is 1. The van der Waals surface area contributed by atoms with E-state index in [0.29, 0.717) is 19.6 Å². The lowest BCUT2D eigenvalue weighted by atomic mass is 9.86. The van der Waals surface area contributed by atoms with E-state index in [0.717, 1.165) is 57.7 Å². The van der Waals surface area contributed by atoms with Gasteiger partial charge in [-0.3, -0.25) is 19.6 Å². The zero-order chi connectivity index (χ0) is 19.3. The lowest BCUT2D eigenvalue weighted by Gasteiger charge is -2.49. The molecular weight excluding hydrogens is 340 g/mol. The van der Waals surface area contributed by atoms with Crippen LogP contribution in [-0.4, -0.2) is 84.6 Å². The highest BCUT2D eigenvalue weighted by atomic mass is 16.5. The molecule has 2 aliphatic heterocycles. The Labute approximate surface area is 163 Å². The molecule has 0 bridgehead atoms. The van der Waals surface area contributed by atoms with Crippen molar-refractivity contribution in [2.24, 2.45) is 0 Å². The molecule has 2 saturated heterocycles. The molecule has 1 atom stereocenters. The largest absolute Gasteiger partial charge is 0.383 e. The Morgan fingerprint density at radius 3 is 2.78 bits per heavy atom. The van der Waals surface area contributed by atoms with Crippen molar-refractivity contribution in [3.8, 4) is 0 Å². The molecule has 0 saturated carbocycles. The van der Waals surface area contributed by atoms with E-state index in [4.69, 9.17) is 4.74 Å². The van der Waals surface area contributed by atoms with Gasteiger partial charge >= 0.3 is 0 Å². The molecule has 0 unspecified atom stereocenters. The average molecular weight is 375 g/mol. The van der Waals surface area contributed by atoms with E-state index in [2.05, 4.69) is 40.9 Å². The topological polar surface area (TPSA) is 48.9 Å². The molecule has 0 aliphatic carbocycles. The van der Waals surface area contributed by atoms with E-state index in [9.17, 15) is 4.79 Å². The highest BCUT2D eigenvalue weighted by Gasteiger charge is 2.42. The first kappa shape index (κ1) is 20.2. The number of aromatic nitrogens is 1. The van der Waals surface area contributed by atoms with Gasteiger partial charge in [-0.25, -0.2) is 0 Å². The average Bonchev–Trinajstić information content (AvgIpc) is 2.84. The maximum Gasteiger partial charge on any atom is 0.222 e. The molecule has 1 aromatic heterocycles. The number of rotatable bonds is 6. The van der Waals surface area contributed by atoms with Gasteiger partial charge in [0, 0.05) is 64.5 Å². The van der Waals surface area contributed by atoms with Crippen molar-refractivity contribution < 1.29 is 9.53 Å². The predicted octanol–water partition coefficient (Wildman–Crippen LogP) is 1.79. The standard InChI is InChI=1S/C21H34N4O2/c1-4-18-5-6-19(22-15-18)16-24-12-11-23(2)21(17-24)8-7-20(26)25(10-9-21)13-14-27-3/h5-6,15H,4,7-14,16-17H2,1-3H3/t21-/m0/s1. The lowest BCUT2D eigenvalue weighted by Crippen LogP contribution is -2.60. The Kier molecular flexibility index (Phi) is 6.84. The summed E-state index contributed by atoms with van der Waals surface area (Å²) < 4.78 is 5.17. The first-order valence-corrected chi connectivity index (χ1v) is 10.2. The molecule has 1 aromatic rings. The fourth-order valence-corrected chi connectivity index (χ4v) is 4.33. The van der Waals surface area contributed by atoms with Crippen LogP contribution in [0, 0.1) is 0 Å². The monoisotopic (exact) mass is 374 g/mol. The molecule has 1 spiro atoms. The van der Waals surface area contributed by atoms with Gasteiger partial charge in [0.1, 0.15) is 0 Å². The number of likely N-dealkylation sites (tertiary alicyclic amines) is 1. The number of pyridine rings is 1. The van der Waals surface area contributed by atoms with Gasteiger partial charge in [0.2, 0.25) is 5.91 Å². The molecule has 150 valence electrons. The third kappa shape index (κ3) is 4.86. The minimum absolute atomic E-state index is 0.0824. The summed E-state index contributed by atoms with van der Waals surface area (Å²) in [5.74, 6) is 0.270. The summed E-state index contributed by atoms with van der Waals surface area (Å²) in [6.07, 6.45) is 5.62. The number of methoxy groups -OCH3 is 1. The van der Waals surface area contributed by atoms with Crippen LogP contribution in [0.15, 0.2) is 18.3 Å². The number of hydrogen-bond donors (Lipinski definition) is 0. The second kappa shape index (κ2) is 9.13. The van der Waals surface area contributed by atoms with Crippen molar-refractivity contribution in [1.29, 1.82) is 0 Å². The normalized spacial score (nSPS) is 25.1. The summed E-state index contributed by atoms with van der Waals surface area (Å²) in [6.45, 7) is 8.28. The lowest BCUT2D eigenvalue weighted by molar-refractivity contribution is -0.131. The Hall–Kier alpha value is -1.50. The third-order valence-electron chi connectivity index (χ3n) is 6.33. The Balaban J connectivity index is 1.65. The molecular formula is C21H34N4O2. The van der Waals surface area contributed by atoms with Gasteiger partial charge in [0.15, 0.2) is 0 Å². The van der Waals surface area contributed by atoms with Gasteiger partial charge in [-0.2, -0.15) is 0 Å². The number of ether oxygens (including phenoxy) is 1. The number of nitrogens with zero attached hydrogens (tertiary/aromatic N) is 4. The number of amides is 1. The molecule has 0 N–H and O–H groups in total. The highest BCUT2D eigenvalue weighted by molar-refractivity contribution is 5.76. The maximum atomic E-state index is 12.5. The molecule has 6 nitrogen and oxygen atoms in total. The van der Waals surface area contributed by atoms with Crippen molar-refractivity contribution in [3.63, 3.8) is 0 Å². The molecule has 2 fully saturated rings. The zero-order valence-corrected chi connectivity index (χ0v) is 17.1. The zero-order valence-electron chi connectivity index (χ0n) is 17.1. The quantitative estimate of drug-likeness (QED) is 0.760. The minimum atomic E-state index is 0.0824. The van der Waals surface area contributed by atoms with Crippen LogP contribution in [0.2, 0.25) is 0 Å². The van der Waals surface area contributed by atoms with Crippen LogP contribution in [0.5, 0.6) is 0 Å². The second-order valence-corrected chi connectivity index (χ2v) is 7.99. The van der Waals surface area contributed by atoms with Gasteiger partial charge in [0.25, 0.3) is 0 Å². The second-order valence-electron chi connectivity index (χ2n) is 7.99. The van der Waals surface area contributed by atoms with Gasteiger partial charge in [-0.05, 0) is 37.9 Å². The van der Waals surface area contributed by atoms with Crippen LogP contribution in [0.3, 0.4) is 0 Å². The Morgan fingerprint density at radius 1 is 1.22 bits per heavy atom. The summed E-state index contributed by atoms with van der Waals surface area (Å²) in [5, 5.41) is 0. The van der Waals surface area contributed by atoms with Gasteiger partial charge in [-0.15, -0.1) is 0 Å². The van der Waals surface area contributed by atoms with Gasteiger partial charge in [-0.1, -0.05) is 13.0 Å². The van der Waals surface area contributed by atoms with Crippen molar-refractivity contribution >= 4 is 5.91 Å². The van der Waals surface area contributed by atoms with Crippen LogP contribution in [0.4, 0.5) is 0 Å². The molecule has 3 heterocycles. The van der Waals surface area contributed by atoms with Crippen LogP contribution < -0.4 is 0 Å². The van der Waals surface area contributed by atoms with Crippen LogP contribution in [-0.2, 0) is 22.5 Å². The van der Waals surface area contributed by atoms with Gasteiger partial charge in [0.05, 0.1) is 12.3 Å². The fraction of sp³-hybridized carbons (Fsp3) is 0.714. The first-order chi connectivity index (χ1) is 13.1. The van der Waals surface area contributed by atoms with Crippen LogP contribution >= 0.6 is 0 Å². The summed E-state index contributed by atoms with van der Waals surface area (Å²) in [4.78, 5) is 24.1. The maximum absolute atomic E-state index is 12.5. The van der Waals surface area contributed by atoms with Crippen LogP contribution in [0.25, 0.3) is 0 Å². The van der Waals surface area contributed by atoms with Crippen molar-refractivity contribution in [2.75, 3.05) is 53.5 Å². The van der Waals surface area contributed by atoms with E-state index < -0.39 is 0 Å². The van der Waals surface area contributed by atoms with Crippen molar-refractivity contribution in [3.05, 3.63) is 29.6 Å².